The van der Waals surface area contributed by atoms with Gasteiger partial charge in [-0.2, -0.15) is 0 Å². The molecule has 204 valence electrons. The van der Waals surface area contributed by atoms with Gasteiger partial charge >= 0.3 is 0 Å². The van der Waals surface area contributed by atoms with Crippen molar-refractivity contribution in [3.63, 3.8) is 0 Å². The summed E-state index contributed by atoms with van der Waals surface area (Å²) in [6.07, 6.45) is 1.19. The van der Waals surface area contributed by atoms with Gasteiger partial charge in [-0.05, 0) is 29.7 Å². The molecule has 1 aliphatic heterocycles. The standard InChI is InChI=1S/C31H35N3O4S/c1-36-26-14-15-27(37-2)30-29(26)32-31(39-30)34(17-9-16-33-18-20-38-21-19-33)28(35)22-25(23-10-5-3-6-11-23)24-12-7-4-8-13-24/h3-8,10-15,25H,9,16-22H2,1-2H3. The maximum absolute atomic E-state index is 14.2. The number of methoxy groups -OCH3 is 2. The van der Waals surface area contributed by atoms with Gasteiger partial charge in [0.1, 0.15) is 21.7 Å². The average Bonchev–Trinajstić information content (AvgIpc) is 3.44. The highest BCUT2D eigenvalue weighted by molar-refractivity contribution is 7.22. The number of anilines is 1. The summed E-state index contributed by atoms with van der Waals surface area (Å²) in [5.41, 5.74) is 2.96. The number of benzene rings is 3. The summed E-state index contributed by atoms with van der Waals surface area (Å²) in [6, 6.07) is 24.3. The minimum absolute atomic E-state index is 0.0478. The molecule has 4 aromatic rings. The van der Waals surface area contributed by atoms with E-state index in [0.717, 1.165) is 60.8 Å². The Labute approximate surface area is 233 Å². The fourth-order valence-corrected chi connectivity index (χ4v) is 6.20. The quantitative estimate of drug-likeness (QED) is 0.245. The third-order valence-electron chi connectivity index (χ3n) is 7.17. The Hall–Kier alpha value is -3.46. The number of nitrogens with zero attached hydrogens (tertiary/aromatic N) is 3. The third-order valence-corrected chi connectivity index (χ3v) is 8.27. The smallest absolute Gasteiger partial charge is 0.229 e. The molecule has 1 fully saturated rings. The van der Waals surface area contributed by atoms with Crippen LogP contribution in [-0.4, -0.2) is 69.4 Å². The predicted octanol–water partition coefficient (Wildman–Crippen LogP) is 5.59. The first-order valence-corrected chi connectivity index (χ1v) is 14.2. The molecule has 0 radical (unpaired) electrons. The van der Waals surface area contributed by atoms with Crippen molar-refractivity contribution >= 4 is 32.6 Å². The van der Waals surface area contributed by atoms with Crippen LogP contribution in [-0.2, 0) is 9.53 Å². The second-order valence-corrected chi connectivity index (χ2v) is 10.6. The van der Waals surface area contributed by atoms with Crippen LogP contribution in [0.25, 0.3) is 10.2 Å². The molecule has 39 heavy (non-hydrogen) atoms. The number of hydrogen-bond donors (Lipinski definition) is 0. The number of aromatic nitrogens is 1. The van der Waals surface area contributed by atoms with E-state index in [1.165, 1.54) is 11.3 Å². The average molecular weight is 546 g/mol. The van der Waals surface area contributed by atoms with E-state index in [1.54, 1.807) is 14.2 Å². The molecule has 1 aliphatic rings. The normalized spacial score (nSPS) is 14.0. The van der Waals surface area contributed by atoms with Gasteiger partial charge < -0.3 is 14.2 Å². The fourth-order valence-electron chi connectivity index (χ4n) is 5.08. The first-order valence-electron chi connectivity index (χ1n) is 13.4. The molecule has 3 aromatic carbocycles. The SMILES string of the molecule is COc1ccc(OC)c2sc(N(CCCN3CCOCC3)C(=O)CC(c3ccccc3)c3ccccc3)nc12. The zero-order chi connectivity index (χ0) is 27.0. The second kappa shape index (κ2) is 13.1. The lowest BCUT2D eigenvalue weighted by Gasteiger charge is -2.28. The molecule has 0 aliphatic carbocycles. The van der Waals surface area contributed by atoms with Crippen molar-refractivity contribution in [3.05, 3.63) is 83.9 Å². The molecular weight excluding hydrogens is 510 g/mol. The number of ether oxygens (including phenoxy) is 3. The van der Waals surface area contributed by atoms with Crippen molar-refractivity contribution < 1.29 is 19.0 Å². The molecule has 8 heteroatoms. The van der Waals surface area contributed by atoms with Gasteiger partial charge in [0.25, 0.3) is 0 Å². The summed E-state index contributed by atoms with van der Waals surface area (Å²) in [6.45, 7) is 4.86. The van der Waals surface area contributed by atoms with Crippen molar-refractivity contribution in [2.75, 3.05) is 58.5 Å². The minimum atomic E-state index is -0.0555. The number of fused-ring (bicyclic) bond motifs is 1. The number of thiazole rings is 1. The molecule has 5 rings (SSSR count). The van der Waals surface area contributed by atoms with E-state index in [9.17, 15) is 4.79 Å². The number of rotatable bonds is 11. The number of amides is 1. The van der Waals surface area contributed by atoms with E-state index in [-0.39, 0.29) is 11.8 Å². The minimum Gasteiger partial charge on any atom is -0.495 e. The van der Waals surface area contributed by atoms with E-state index >= 15 is 0 Å². The summed E-state index contributed by atoms with van der Waals surface area (Å²) >= 11 is 1.47. The Morgan fingerprint density at radius 2 is 1.56 bits per heavy atom. The molecule has 0 bridgehead atoms. The van der Waals surface area contributed by atoms with E-state index in [2.05, 4.69) is 29.2 Å². The van der Waals surface area contributed by atoms with Crippen LogP contribution in [0.2, 0.25) is 0 Å². The molecule has 0 spiro atoms. The van der Waals surface area contributed by atoms with Gasteiger partial charge in [-0.1, -0.05) is 72.0 Å². The maximum atomic E-state index is 14.2. The Morgan fingerprint density at radius 3 is 2.18 bits per heavy atom. The van der Waals surface area contributed by atoms with Crippen molar-refractivity contribution in [2.24, 2.45) is 0 Å². The molecule has 2 heterocycles. The van der Waals surface area contributed by atoms with Crippen LogP contribution in [0.15, 0.2) is 72.8 Å². The zero-order valence-electron chi connectivity index (χ0n) is 22.5. The fraction of sp³-hybridized carbons (Fsp3) is 0.355. The topological polar surface area (TPSA) is 64.1 Å². The largest absolute Gasteiger partial charge is 0.495 e. The highest BCUT2D eigenvalue weighted by atomic mass is 32.1. The van der Waals surface area contributed by atoms with E-state index in [0.29, 0.717) is 29.4 Å². The highest BCUT2D eigenvalue weighted by Crippen LogP contribution is 2.41. The van der Waals surface area contributed by atoms with Crippen LogP contribution in [0.5, 0.6) is 11.5 Å². The van der Waals surface area contributed by atoms with Crippen LogP contribution in [0.3, 0.4) is 0 Å². The Morgan fingerprint density at radius 1 is 0.949 bits per heavy atom. The molecule has 0 atom stereocenters. The summed E-state index contributed by atoms with van der Waals surface area (Å²) in [4.78, 5) is 23.3. The number of carbonyl (C=O) groups is 1. The van der Waals surface area contributed by atoms with Gasteiger partial charge in [0, 0.05) is 38.5 Å². The Kier molecular flexibility index (Phi) is 9.08. The number of morpholine rings is 1. The molecule has 1 amide bonds. The van der Waals surface area contributed by atoms with Crippen molar-refractivity contribution in [1.82, 2.24) is 9.88 Å². The van der Waals surface area contributed by atoms with E-state index in [1.807, 2.05) is 53.4 Å². The molecule has 0 saturated carbocycles. The molecule has 0 N–H and O–H groups in total. The lowest BCUT2D eigenvalue weighted by Crippen LogP contribution is -2.39. The van der Waals surface area contributed by atoms with Gasteiger partial charge in [0.15, 0.2) is 5.13 Å². The first-order chi connectivity index (χ1) is 19.2. The summed E-state index contributed by atoms with van der Waals surface area (Å²) in [7, 11) is 3.28. The van der Waals surface area contributed by atoms with Crippen LogP contribution < -0.4 is 14.4 Å². The van der Waals surface area contributed by atoms with Gasteiger partial charge in [-0.15, -0.1) is 0 Å². The lowest BCUT2D eigenvalue weighted by molar-refractivity contribution is -0.118. The Balaban J connectivity index is 1.46. The van der Waals surface area contributed by atoms with Crippen LogP contribution in [0.4, 0.5) is 5.13 Å². The highest BCUT2D eigenvalue weighted by Gasteiger charge is 2.26. The van der Waals surface area contributed by atoms with Crippen LogP contribution in [0, 0.1) is 0 Å². The molecule has 7 nitrogen and oxygen atoms in total. The third kappa shape index (κ3) is 6.41. The molecular formula is C31H35N3O4S. The number of carbonyl (C=O) groups excluding carboxylic acids is 1. The lowest BCUT2D eigenvalue weighted by atomic mass is 9.88. The van der Waals surface area contributed by atoms with Gasteiger partial charge in [0.05, 0.1) is 27.4 Å². The van der Waals surface area contributed by atoms with Gasteiger partial charge in [-0.3, -0.25) is 14.6 Å². The van der Waals surface area contributed by atoms with Gasteiger partial charge in [-0.25, -0.2) is 4.98 Å². The first kappa shape index (κ1) is 27.1. The zero-order valence-corrected chi connectivity index (χ0v) is 23.4. The van der Waals surface area contributed by atoms with Crippen LogP contribution >= 0.6 is 11.3 Å². The summed E-state index contributed by atoms with van der Waals surface area (Å²) in [5.74, 6) is 1.38. The summed E-state index contributed by atoms with van der Waals surface area (Å²) < 4.78 is 17.6. The Bertz CT molecular complexity index is 1280. The van der Waals surface area contributed by atoms with E-state index < -0.39 is 0 Å². The second-order valence-electron chi connectivity index (χ2n) is 9.58. The van der Waals surface area contributed by atoms with Gasteiger partial charge in [0.2, 0.25) is 5.91 Å². The number of hydrogen-bond acceptors (Lipinski definition) is 7. The predicted molar refractivity (Wildman–Crippen MR) is 156 cm³/mol. The summed E-state index contributed by atoms with van der Waals surface area (Å²) in [5, 5.41) is 0.666. The molecule has 1 saturated heterocycles. The van der Waals surface area contributed by atoms with Crippen molar-refractivity contribution in [2.45, 2.75) is 18.8 Å². The van der Waals surface area contributed by atoms with E-state index in [4.69, 9.17) is 19.2 Å². The maximum Gasteiger partial charge on any atom is 0.229 e. The molecule has 1 aromatic heterocycles. The van der Waals surface area contributed by atoms with Crippen LogP contribution in [0.1, 0.15) is 29.9 Å². The van der Waals surface area contributed by atoms with Crippen molar-refractivity contribution in [3.8, 4) is 11.5 Å². The van der Waals surface area contributed by atoms with Crippen molar-refractivity contribution in [1.29, 1.82) is 0 Å². The monoisotopic (exact) mass is 545 g/mol. The molecule has 0 unspecified atom stereocenters.